The minimum absolute atomic E-state index is 0.136. The number of hydrogen-bond acceptors (Lipinski definition) is 4. The predicted molar refractivity (Wildman–Crippen MR) is 107 cm³/mol. The van der Waals surface area contributed by atoms with Gasteiger partial charge in [-0.2, -0.15) is 0 Å². The Morgan fingerprint density at radius 1 is 1.00 bits per heavy atom. The number of nitrogens with zero attached hydrogens (tertiary/aromatic N) is 3. The molecule has 5 nitrogen and oxygen atoms in total. The summed E-state index contributed by atoms with van der Waals surface area (Å²) in [7, 11) is 0. The van der Waals surface area contributed by atoms with E-state index < -0.39 is 0 Å². The summed E-state index contributed by atoms with van der Waals surface area (Å²) in [5, 5.41) is 2.78. The van der Waals surface area contributed by atoms with Crippen molar-refractivity contribution in [1.29, 1.82) is 0 Å². The van der Waals surface area contributed by atoms with Crippen molar-refractivity contribution in [2.75, 3.05) is 23.3 Å². The molecule has 2 aromatic carbocycles. The van der Waals surface area contributed by atoms with Crippen molar-refractivity contribution in [3.63, 3.8) is 0 Å². The van der Waals surface area contributed by atoms with Crippen LogP contribution in [0.2, 0.25) is 0 Å². The second kappa shape index (κ2) is 8.34. The van der Waals surface area contributed by atoms with E-state index in [4.69, 9.17) is 0 Å². The monoisotopic (exact) mass is 394 g/mol. The Morgan fingerprint density at radius 2 is 1.76 bits per heavy atom. The number of aromatic nitrogens is 2. The summed E-state index contributed by atoms with van der Waals surface area (Å²) >= 11 is 0. The molecule has 7 heteroatoms. The molecule has 148 valence electrons. The maximum absolute atomic E-state index is 13.3. The first-order valence-electron chi connectivity index (χ1n) is 9.48. The Hall–Kier alpha value is -3.35. The van der Waals surface area contributed by atoms with Crippen molar-refractivity contribution in [3.8, 4) is 11.1 Å². The maximum Gasteiger partial charge on any atom is 0.229 e. The van der Waals surface area contributed by atoms with E-state index in [1.54, 1.807) is 36.7 Å². The molecule has 1 saturated heterocycles. The van der Waals surface area contributed by atoms with Crippen LogP contribution in [0.15, 0.2) is 60.9 Å². The summed E-state index contributed by atoms with van der Waals surface area (Å²) in [6, 6.07) is 12.0. The fourth-order valence-electron chi connectivity index (χ4n) is 3.46. The summed E-state index contributed by atoms with van der Waals surface area (Å²) in [5.41, 5.74) is 2.09. The smallest absolute Gasteiger partial charge is 0.229 e. The van der Waals surface area contributed by atoms with Crippen LogP contribution < -0.4 is 10.2 Å². The molecule has 4 rings (SSSR count). The van der Waals surface area contributed by atoms with E-state index in [0.717, 1.165) is 30.5 Å². The van der Waals surface area contributed by atoms with Crippen LogP contribution in [0.1, 0.15) is 12.8 Å². The summed E-state index contributed by atoms with van der Waals surface area (Å²) in [4.78, 5) is 23.4. The highest BCUT2D eigenvalue weighted by Gasteiger charge is 2.27. The third kappa shape index (κ3) is 4.56. The van der Waals surface area contributed by atoms with Gasteiger partial charge in [-0.05, 0) is 48.7 Å². The molecule has 1 atom stereocenters. The first-order valence-corrected chi connectivity index (χ1v) is 9.48. The Bertz CT molecular complexity index is 992. The molecule has 0 aliphatic carbocycles. The highest BCUT2D eigenvalue weighted by atomic mass is 19.1. The van der Waals surface area contributed by atoms with Gasteiger partial charge in [-0.25, -0.2) is 18.7 Å². The Morgan fingerprint density at radius 3 is 2.48 bits per heavy atom. The second-order valence-corrected chi connectivity index (χ2v) is 7.06. The van der Waals surface area contributed by atoms with Crippen LogP contribution in [0.4, 0.5) is 20.4 Å². The zero-order chi connectivity index (χ0) is 20.2. The third-order valence-corrected chi connectivity index (χ3v) is 4.98. The van der Waals surface area contributed by atoms with Crippen LogP contribution >= 0.6 is 0 Å². The number of amides is 1. The SMILES string of the molecule is O=C(Nc1cccc(F)c1)[C@@H]1CCCN(c2ncc(-c3ccc(F)cc3)cn2)C1. The summed E-state index contributed by atoms with van der Waals surface area (Å²) < 4.78 is 26.4. The van der Waals surface area contributed by atoms with Gasteiger partial charge in [0.15, 0.2) is 0 Å². The largest absolute Gasteiger partial charge is 0.340 e. The molecule has 1 amide bonds. The zero-order valence-corrected chi connectivity index (χ0v) is 15.7. The number of piperidine rings is 1. The van der Waals surface area contributed by atoms with E-state index in [2.05, 4.69) is 15.3 Å². The summed E-state index contributed by atoms with van der Waals surface area (Å²) in [6.45, 7) is 1.26. The van der Waals surface area contributed by atoms with Gasteiger partial charge >= 0.3 is 0 Å². The first kappa shape index (κ1) is 19.0. The Balaban J connectivity index is 1.42. The van der Waals surface area contributed by atoms with E-state index >= 15 is 0 Å². The molecule has 1 aromatic heterocycles. The van der Waals surface area contributed by atoms with Crippen LogP contribution in [-0.2, 0) is 4.79 Å². The van der Waals surface area contributed by atoms with Crippen molar-refractivity contribution >= 4 is 17.5 Å². The van der Waals surface area contributed by atoms with Crippen molar-refractivity contribution in [2.45, 2.75) is 12.8 Å². The van der Waals surface area contributed by atoms with Crippen LogP contribution in [0, 0.1) is 17.6 Å². The second-order valence-electron chi connectivity index (χ2n) is 7.06. The number of benzene rings is 2. The minimum atomic E-state index is -0.386. The van der Waals surface area contributed by atoms with E-state index in [0.29, 0.717) is 18.2 Å². The number of hydrogen-bond donors (Lipinski definition) is 1. The van der Waals surface area contributed by atoms with Crippen molar-refractivity contribution in [1.82, 2.24) is 9.97 Å². The van der Waals surface area contributed by atoms with Gasteiger partial charge in [-0.1, -0.05) is 18.2 Å². The topological polar surface area (TPSA) is 58.1 Å². The van der Waals surface area contributed by atoms with E-state index in [1.165, 1.54) is 24.3 Å². The number of nitrogens with one attached hydrogen (secondary N) is 1. The van der Waals surface area contributed by atoms with Crippen molar-refractivity contribution < 1.29 is 13.6 Å². The molecule has 0 bridgehead atoms. The standard InChI is InChI=1S/C22H20F2N4O/c23-18-8-6-15(7-9-18)17-12-25-22(26-13-17)28-10-2-3-16(14-28)21(29)27-20-5-1-4-19(24)11-20/h1,4-9,11-13,16H,2-3,10,14H2,(H,27,29)/t16-/m1/s1. The van der Waals surface area contributed by atoms with Gasteiger partial charge in [0.25, 0.3) is 0 Å². The molecular formula is C22H20F2N4O. The van der Waals surface area contributed by atoms with Gasteiger partial charge < -0.3 is 10.2 Å². The highest BCUT2D eigenvalue weighted by Crippen LogP contribution is 2.24. The lowest BCUT2D eigenvalue weighted by atomic mass is 9.97. The molecule has 0 saturated carbocycles. The Kier molecular flexibility index (Phi) is 5.46. The van der Waals surface area contributed by atoms with Crippen LogP contribution in [0.5, 0.6) is 0 Å². The Labute approximate surface area is 167 Å². The van der Waals surface area contributed by atoms with E-state index in [-0.39, 0.29) is 23.5 Å². The lowest BCUT2D eigenvalue weighted by molar-refractivity contribution is -0.120. The number of carbonyl (C=O) groups excluding carboxylic acids is 1. The fourth-order valence-corrected chi connectivity index (χ4v) is 3.46. The molecule has 1 aliphatic heterocycles. The average molecular weight is 394 g/mol. The van der Waals surface area contributed by atoms with Crippen LogP contribution in [-0.4, -0.2) is 29.0 Å². The summed E-state index contributed by atoms with van der Waals surface area (Å²) in [6.07, 6.45) is 4.99. The third-order valence-electron chi connectivity index (χ3n) is 4.98. The molecule has 3 aromatic rings. The lowest BCUT2D eigenvalue weighted by Crippen LogP contribution is -2.41. The number of halogens is 2. The molecule has 29 heavy (non-hydrogen) atoms. The van der Waals surface area contributed by atoms with Gasteiger partial charge in [0, 0.05) is 36.7 Å². The van der Waals surface area contributed by atoms with Gasteiger partial charge in [-0.15, -0.1) is 0 Å². The molecule has 2 heterocycles. The van der Waals surface area contributed by atoms with E-state index in [1.807, 2.05) is 4.90 Å². The fraction of sp³-hybridized carbons (Fsp3) is 0.227. The van der Waals surface area contributed by atoms with Gasteiger partial charge in [0.05, 0.1) is 5.92 Å². The number of anilines is 2. The molecule has 0 unspecified atom stereocenters. The van der Waals surface area contributed by atoms with Crippen LogP contribution in [0.25, 0.3) is 11.1 Å². The molecule has 0 spiro atoms. The van der Waals surface area contributed by atoms with Gasteiger partial charge in [0.2, 0.25) is 11.9 Å². The molecule has 1 aliphatic rings. The number of carbonyl (C=O) groups is 1. The number of rotatable bonds is 4. The van der Waals surface area contributed by atoms with Crippen molar-refractivity contribution in [3.05, 3.63) is 72.6 Å². The normalized spacial score (nSPS) is 16.5. The minimum Gasteiger partial charge on any atom is -0.340 e. The van der Waals surface area contributed by atoms with E-state index in [9.17, 15) is 13.6 Å². The van der Waals surface area contributed by atoms with Gasteiger partial charge in [-0.3, -0.25) is 4.79 Å². The predicted octanol–water partition coefficient (Wildman–Crippen LogP) is 4.28. The maximum atomic E-state index is 13.3. The summed E-state index contributed by atoms with van der Waals surface area (Å²) in [5.74, 6) is -0.486. The quantitative estimate of drug-likeness (QED) is 0.718. The average Bonchev–Trinajstić information content (AvgIpc) is 2.74. The molecule has 1 N–H and O–H groups in total. The molecule has 0 radical (unpaired) electrons. The lowest BCUT2D eigenvalue weighted by Gasteiger charge is -2.32. The molecule has 1 fully saturated rings. The van der Waals surface area contributed by atoms with Gasteiger partial charge in [0.1, 0.15) is 11.6 Å². The van der Waals surface area contributed by atoms with Crippen molar-refractivity contribution in [2.24, 2.45) is 5.92 Å². The first-order chi connectivity index (χ1) is 14.1. The zero-order valence-electron chi connectivity index (χ0n) is 15.7. The van der Waals surface area contributed by atoms with Crippen LogP contribution in [0.3, 0.4) is 0 Å². The molecular weight excluding hydrogens is 374 g/mol. The highest BCUT2D eigenvalue weighted by molar-refractivity contribution is 5.93.